The van der Waals surface area contributed by atoms with Gasteiger partial charge in [0.05, 0.1) is 11.0 Å². The molecule has 0 aliphatic heterocycles. The van der Waals surface area contributed by atoms with E-state index in [2.05, 4.69) is 201 Å². The van der Waals surface area contributed by atoms with Crippen LogP contribution in [0.5, 0.6) is 0 Å². The van der Waals surface area contributed by atoms with Gasteiger partial charge in [-0.1, -0.05) is 137 Å². The van der Waals surface area contributed by atoms with Crippen molar-refractivity contribution in [3.8, 4) is 27.9 Å². The van der Waals surface area contributed by atoms with Crippen LogP contribution >= 0.6 is 15.9 Å². The highest BCUT2D eigenvalue weighted by Crippen LogP contribution is 2.40. The van der Waals surface area contributed by atoms with Crippen molar-refractivity contribution in [2.45, 2.75) is 0 Å². The van der Waals surface area contributed by atoms with Crippen molar-refractivity contribution in [3.05, 3.63) is 180 Å². The molecule has 0 radical (unpaired) electrons. The van der Waals surface area contributed by atoms with E-state index in [0.29, 0.717) is 0 Å². The molecule has 0 N–H and O–H groups in total. The van der Waals surface area contributed by atoms with Crippen molar-refractivity contribution in [1.82, 2.24) is 4.57 Å². The molecule has 0 bridgehead atoms. The van der Waals surface area contributed by atoms with Crippen LogP contribution in [-0.2, 0) is 0 Å². The van der Waals surface area contributed by atoms with Crippen LogP contribution in [0.2, 0.25) is 0 Å². The van der Waals surface area contributed by atoms with Crippen molar-refractivity contribution in [2.75, 3.05) is 4.90 Å². The van der Waals surface area contributed by atoms with Crippen LogP contribution in [-0.4, -0.2) is 4.57 Å². The monoisotopic (exact) mass is 640 g/mol. The standard InChI is InChI=1S/C42H29BrN2/c43-34-27-37(29-38(28-34)45-41-17-9-7-15-39(41)40-16-8-10-18-42(40)45)44(35-23-19-32(20-24-35)30-11-3-1-4-12-30)36-25-21-33(22-26-36)31-13-5-2-6-14-31/h1-29H. The zero-order valence-corrected chi connectivity index (χ0v) is 26.1. The summed E-state index contributed by atoms with van der Waals surface area (Å²) in [4.78, 5) is 2.34. The van der Waals surface area contributed by atoms with E-state index in [0.717, 1.165) is 27.2 Å². The number of halogens is 1. The Bertz CT molecular complexity index is 2120. The van der Waals surface area contributed by atoms with E-state index in [9.17, 15) is 0 Å². The van der Waals surface area contributed by atoms with Gasteiger partial charge in [-0.25, -0.2) is 0 Å². The van der Waals surface area contributed by atoms with Crippen molar-refractivity contribution in [2.24, 2.45) is 0 Å². The summed E-state index contributed by atoms with van der Waals surface area (Å²) in [6.45, 7) is 0. The molecule has 45 heavy (non-hydrogen) atoms. The minimum atomic E-state index is 1.02. The van der Waals surface area contributed by atoms with Crippen LogP contribution in [0.3, 0.4) is 0 Å². The molecular formula is C42H29BrN2. The predicted octanol–water partition coefficient (Wildman–Crippen LogP) is 12.3. The van der Waals surface area contributed by atoms with Crippen molar-refractivity contribution < 1.29 is 0 Å². The first-order valence-corrected chi connectivity index (χ1v) is 15.9. The number of rotatable bonds is 6. The van der Waals surface area contributed by atoms with E-state index in [1.807, 2.05) is 0 Å². The summed E-state index contributed by atoms with van der Waals surface area (Å²) >= 11 is 3.88. The Morgan fingerprint density at radius 2 is 0.800 bits per heavy atom. The van der Waals surface area contributed by atoms with Crippen LogP contribution in [0.4, 0.5) is 17.1 Å². The molecular weight excluding hydrogens is 612 g/mol. The first kappa shape index (κ1) is 27.2. The van der Waals surface area contributed by atoms with Gasteiger partial charge in [0.15, 0.2) is 0 Å². The lowest BCUT2D eigenvalue weighted by molar-refractivity contribution is 1.16. The van der Waals surface area contributed by atoms with Crippen LogP contribution in [0.15, 0.2) is 180 Å². The molecule has 0 atom stereocenters. The number of nitrogens with zero attached hydrogens (tertiary/aromatic N) is 2. The maximum atomic E-state index is 3.88. The molecule has 214 valence electrons. The number of aromatic nitrogens is 1. The van der Waals surface area contributed by atoms with Gasteiger partial charge in [-0.2, -0.15) is 0 Å². The van der Waals surface area contributed by atoms with E-state index in [1.54, 1.807) is 0 Å². The third-order valence-electron chi connectivity index (χ3n) is 8.43. The fourth-order valence-corrected chi connectivity index (χ4v) is 6.80. The van der Waals surface area contributed by atoms with Gasteiger partial charge in [0, 0.05) is 38.0 Å². The molecule has 1 heterocycles. The van der Waals surface area contributed by atoms with Gasteiger partial charge in [0.1, 0.15) is 0 Å². The largest absolute Gasteiger partial charge is 0.310 e. The van der Waals surface area contributed by atoms with Crippen LogP contribution in [0.1, 0.15) is 0 Å². The highest BCUT2D eigenvalue weighted by molar-refractivity contribution is 9.10. The molecule has 0 saturated carbocycles. The molecule has 8 aromatic rings. The summed E-state index contributed by atoms with van der Waals surface area (Å²) in [6.07, 6.45) is 0. The number of hydrogen-bond donors (Lipinski definition) is 0. The molecule has 8 rings (SSSR count). The fourth-order valence-electron chi connectivity index (χ4n) is 6.33. The van der Waals surface area contributed by atoms with Crippen molar-refractivity contribution in [3.63, 3.8) is 0 Å². The summed E-state index contributed by atoms with van der Waals surface area (Å²) < 4.78 is 3.39. The van der Waals surface area contributed by atoms with Gasteiger partial charge in [0.2, 0.25) is 0 Å². The molecule has 0 unspecified atom stereocenters. The molecule has 2 nitrogen and oxygen atoms in total. The normalized spacial score (nSPS) is 11.2. The Morgan fingerprint density at radius 3 is 1.29 bits per heavy atom. The molecule has 0 fully saturated rings. The minimum absolute atomic E-state index is 1.02. The average molecular weight is 642 g/mol. The molecule has 7 aromatic carbocycles. The number of fused-ring (bicyclic) bond motifs is 3. The predicted molar refractivity (Wildman–Crippen MR) is 194 cm³/mol. The van der Waals surface area contributed by atoms with Gasteiger partial charge in [0.25, 0.3) is 0 Å². The van der Waals surface area contributed by atoms with E-state index in [1.165, 1.54) is 44.1 Å². The number of anilines is 3. The summed E-state index contributed by atoms with van der Waals surface area (Å²) in [5, 5.41) is 2.50. The number of hydrogen-bond acceptors (Lipinski definition) is 1. The molecule has 0 aliphatic rings. The highest BCUT2D eigenvalue weighted by Gasteiger charge is 2.17. The smallest absolute Gasteiger partial charge is 0.0541 e. The quantitative estimate of drug-likeness (QED) is 0.175. The summed E-state index contributed by atoms with van der Waals surface area (Å²) in [6, 6.07) is 62.8. The van der Waals surface area contributed by atoms with E-state index < -0.39 is 0 Å². The van der Waals surface area contributed by atoms with Crippen LogP contribution < -0.4 is 4.90 Å². The van der Waals surface area contributed by atoms with E-state index >= 15 is 0 Å². The Balaban J connectivity index is 1.29. The Hall–Kier alpha value is -5.38. The molecule has 0 aliphatic carbocycles. The first-order valence-electron chi connectivity index (χ1n) is 15.1. The lowest BCUT2D eigenvalue weighted by Crippen LogP contribution is -2.10. The second kappa shape index (κ2) is 11.6. The second-order valence-corrected chi connectivity index (χ2v) is 12.1. The zero-order valence-electron chi connectivity index (χ0n) is 24.5. The number of para-hydroxylation sites is 2. The Labute approximate surface area is 271 Å². The summed E-state index contributed by atoms with van der Waals surface area (Å²) in [5.74, 6) is 0. The highest BCUT2D eigenvalue weighted by atomic mass is 79.9. The third-order valence-corrected chi connectivity index (χ3v) is 8.89. The topological polar surface area (TPSA) is 8.17 Å². The van der Waals surface area contributed by atoms with Crippen molar-refractivity contribution >= 4 is 54.8 Å². The average Bonchev–Trinajstić information content (AvgIpc) is 3.44. The lowest BCUT2D eigenvalue weighted by Gasteiger charge is -2.27. The number of benzene rings is 7. The maximum Gasteiger partial charge on any atom is 0.0541 e. The van der Waals surface area contributed by atoms with E-state index in [-0.39, 0.29) is 0 Å². The Morgan fingerprint density at radius 1 is 0.378 bits per heavy atom. The molecule has 0 spiro atoms. The summed E-state index contributed by atoms with van der Waals surface area (Å²) in [5.41, 5.74) is 11.5. The molecule has 3 heteroatoms. The molecule has 1 aromatic heterocycles. The Kier molecular flexibility index (Phi) is 7.01. The molecule has 0 saturated heterocycles. The fraction of sp³-hybridized carbons (Fsp3) is 0. The third kappa shape index (κ3) is 5.12. The first-order chi connectivity index (χ1) is 22.2. The van der Waals surface area contributed by atoms with E-state index in [4.69, 9.17) is 0 Å². The van der Waals surface area contributed by atoms with Gasteiger partial charge in [-0.15, -0.1) is 0 Å². The summed E-state index contributed by atoms with van der Waals surface area (Å²) in [7, 11) is 0. The van der Waals surface area contributed by atoms with Gasteiger partial charge in [-0.3, -0.25) is 0 Å². The van der Waals surface area contributed by atoms with Crippen molar-refractivity contribution in [1.29, 1.82) is 0 Å². The van der Waals surface area contributed by atoms with Gasteiger partial charge >= 0.3 is 0 Å². The SMILES string of the molecule is Brc1cc(N(c2ccc(-c3ccccc3)cc2)c2ccc(-c3ccccc3)cc2)cc(-n2c3ccccc3c3ccccc32)c1. The maximum absolute atomic E-state index is 3.88. The van der Waals surface area contributed by atoms with Crippen LogP contribution in [0, 0.1) is 0 Å². The van der Waals surface area contributed by atoms with Gasteiger partial charge < -0.3 is 9.47 Å². The van der Waals surface area contributed by atoms with Gasteiger partial charge in [-0.05, 0) is 76.9 Å². The lowest BCUT2D eigenvalue weighted by atomic mass is 10.0. The van der Waals surface area contributed by atoms with Crippen LogP contribution in [0.25, 0.3) is 49.7 Å². The molecule has 0 amide bonds. The zero-order chi connectivity index (χ0) is 30.2. The second-order valence-electron chi connectivity index (χ2n) is 11.2. The minimum Gasteiger partial charge on any atom is -0.310 e.